The largest absolute Gasteiger partial charge is 0.360 e. The number of amidine groups is 1. The van der Waals surface area contributed by atoms with Crippen molar-refractivity contribution in [2.45, 2.75) is 32.1 Å². The van der Waals surface area contributed by atoms with Crippen LogP contribution >= 0.6 is 23.1 Å². The van der Waals surface area contributed by atoms with Gasteiger partial charge in [0.25, 0.3) is 0 Å². The van der Waals surface area contributed by atoms with Crippen molar-refractivity contribution in [3.63, 3.8) is 0 Å². The Morgan fingerprint density at radius 3 is 3.00 bits per heavy atom. The quantitative estimate of drug-likeness (QED) is 0.878. The van der Waals surface area contributed by atoms with E-state index in [2.05, 4.69) is 36.3 Å². The van der Waals surface area contributed by atoms with E-state index < -0.39 is 0 Å². The summed E-state index contributed by atoms with van der Waals surface area (Å²) in [5.41, 5.74) is 0. The predicted molar refractivity (Wildman–Crippen MR) is 69.9 cm³/mol. The van der Waals surface area contributed by atoms with Gasteiger partial charge in [0.2, 0.25) is 0 Å². The number of nitrogens with zero attached hydrogens (tertiary/aromatic N) is 1. The number of hydrogen-bond donors (Lipinski definition) is 1. The smallest absolute Gasteiger partial charge is 0.157 e. The van der Waals surface area contributed by atoms with Gasteiger partial charge in [-0.1, -0.05) is 18.7 Å². The second-order valence-electron chi connectivity index (χ2n) is 3.66. The summed E-state index contributed by atoms with van der Waals surface area (Å²) in [4.78, 5) is 7.24. The molecule has 82 valence electrons. The second kappa shape index (κ2) is 5.03. The van der Waals surface area contributed by atoms with E-state index in [1.165, 1.54) is 16.2 Å². The van der Waals surface area contributed by atoms with Crippen molar-refractivity contribution in [1.29, 1.82) is 0 Å². The first-order chi connectivity index (χ1) is 7.28. The number of nitrogens with one attached hydrogen (secondary N) is 1. The second-order valence-corrected chi connectivity index (χ2v) is 6.32. The summed E-state index contributed by atoms with van der Waals surface area (Å²) >= 11 is 3.73. The fourth-order valence-corrected chi connectivity index (χ4v) is 3.24. The summed E-state index contributed by atoms with van der Waals surface area (Å²) in [6.45, 7) is 6.26. The molecule has 1 aliphatic heterocycles. The molecule has 1 N–H and O–H groups in total. The molecule has 0 fully saturated rings. The Morgan fingerprint density at radius 2 is 2.40 bits per heavy atom. The van der Waals surface area contributed by atoms with Crippen LogP contribution in [0.5, 0.6) is 0 Å². The third-order valence-electron chi connectivity index (χ3n) is 2.38. The minimum atomic E-state index is 0.692. The van der Waals surface area contributed by atoms with Crippen molar-refractivity contribution in [3.05, 3.63) is 21.9 Å². The highest BCUT2D eigenvalue weighted by Crippen LogP contribution is 2.22. The lowest BCUT2D eigenvalue weighted by Gasteiger charge is -2.05. The Morgan fingerprint density at radius 1 is 1.53 bits per heavy atom. The molecule has 1 aromatic rings. The van der Waals surface area contributed by atoms with Crippen molar-refractivity contribution in [1.82, 2.24) is 5.32 Å². The van der Waals surface area contributed by atoms with Crippen LogP contribution in [-0.2, 0) is 6.54 Å². The molecule has 0 aliphatic carbocycles. The molecule has 0 saturated carbocycles. The lowest BCUT2D eigenvalue weighted by Crippen LogP contribution is -2.18. The molecular formula is C11H16N2S2. The van der Waals surface area contributed by atoms with Crippen LogP contribution in [0.2, 0.25) is 0 Å². The number of thiophene rings is 1. The molecule has 2 rings (SSSR count). The van der Waals surface area contributed by atoms with Crippen molar-refractivity contribution in [3.8, 4) is 0 Å². The Balaban J connectivity index is 1.80. The number of aryl methyl sites for hydroxylation is 1. The van der Waals surface area contributed by atoms with E-state index in [4.69, 9.17) is 0 Å². The first-order valence-electron chi connectivity index (χ1n) is 5.28. The minimum Gasteiger partial charge on any atom is -0.360 e. The Hall–Kier alpha value is -0.480. The number of rotatable bonds is 3. The van der Waals surface area contributed by atoms with Gasteiger partial charge in [-0.25, -0.2) is 0 Å². The molecule has 0 amide bonds. The van der Waals surface area contributed by atoms with Crippen LogP contribution in [0.4, 0.5) is 0 Å². The maximum absolute atomic E-state index is 4.48. The van der Waals surface area contributed by atoms with Gasteiger partial charge in [-0.3, -0.25) is 4.99 Å². The first-order valence-corrected chi connectivity index (χ1v) is 6.98. The summed E-state index contributed by atoms with van der Waals surface area (Å²) in [5, 5.41) is 5.21. The zero-order valence-electron chi connectivity index (χ0n) is 9.12. The molecular weight excluding hydrogens is 224 g/mol. The fraction of sp³-hybridized carbons (Fsp3) is 0.545. The highest BCUT2D eigenvalue weighted by Gasteiger charge is 2.17. The van der Waals surface area contributed by atoms with Crippen LogP contribution < -0.4 is 5.32 Å². The van der Waals surface area contributed by atoms with Gasteiger partial charge in [-0.05, 0) is 25.5 Å². The Bertz CT molecular complexity index is 357. The Kier molecular flexibility index (Phi) is 3.70. The van der Waals surface area contributed by atoms with Gasteiger partial charge in [0, 0.05) is 15.0 Å². The van der Waals surface area contributed by atoms with E-state index in [1.54, 1.807) is 0 Å². The lowest BCUT2D eigenvalue weighted by molar-refractivity contribution is 0.840. The van der Waals surface area contributed by atoms with E-state index in [1.807, 2.05) is 23.1 Å². The highest BCUT2D eigenvalue weighted by atomic mass is 32.2. The van der Waals surface area contributed by atoms with Crippen molar-refractivity contribution < 1.29 is 0 Å². The van der Waals surface area contributed by atoms with Crippen LogP contribution in [0.3, 0.4) is 0 Å². The predicted octanol–water partition coefficient (Wildman–Crippen LogP) is 3.03. The van der Waals surface area contributed by atoms with Crippen LogP contribution in [-0.4, -0.2) is 17.0 Å². The van der Waals surface area contributed by atoms with E-state index in [0.717, 1.165) is 18.3 Å². The summed E-state index contributed by atoms with van der Waals surface area (Å²) in [6.07, 6.45) is 1.21. The van der Waals surface area contributed by atoms with E-state index >= 15 is 0 Å². The van der Waals surface area contributed by atoms with Gasteiger partial charge in [0.1, 0.15) is 0 Å². The summed E-state index contributed by atoms with van der Waals surface area (Å²) in [5.74, 6) is 0. The van der Waals surface area contributed by atoms with Crippen molar-refractivity contribution in [2.24, 2.45) is 4.99 Å². The molecule has 1 aromatic heterocycles. The molecule has 1 unspecified atom stereocenters. The zero-order chi connectivity index (χ0) is 10.7. The molecule has 0 radical (unpaired) electrons. The number of hydrogen-bond acceptors (Lipinski definition) is 4. The lowest BCUT2D eigenvalue weighted by atomic mass is 10.3. The van der Waals surface area contributed by atoms with Crippen LogP contribution in [0.1, 0.15) is 23.1 Å². The standard InChI is InChI=1S/C11H16N2S2/c1-3-9-6-12-11(15-9)13-7-10-5-4-8(2)14-10/h4-5,9H,3,6-7H2,1-2H3,(H,12,13). The van der Waals surface area contributed by atoms with E-state index in [-0.39, 0.29) is 0 Å². The van der Waals surface area contributed by atoms with Crippen LogP contribution in [0.15, 0.2) is 17.1 Å². The van der Waals surface area contributed by atoms with Crippen LogP contribution in [0, 0.1) is 6.92 Å². The molecule has 0 spiro atoms. The number of thioether (sulfide) groups is 1. The van der Waals surface area contributed by atoms with Gasteiger partial charge in [0.05, 0.1) is 13.1 Å². The van der Waals surface area contributed by atoms with Crippen molar-refractivity contribution >= 4 is 28.3 Å². The topological polar surface area (TPSA) is 24.4 Å². The summed E-state index contributed by atoms with van der Waals surface area (Å²) < 4.78 is 0. The molecule has 4 heteroatoms. The minimum absolute atomic E-state index is 0.692. The average Bonchev–Trinajstić information content (AvgIpc) is 2.83. The molecule has 2 heterocycles. The van der Waals surface area contributed by atoms with Gasteiger partial charge < -0.3 is 5.32 Å². The van der Waals surface area contributed by atoms with Gasteiger partial charge in [-0.15, -0.1) is 11.3 Å². The van der Waals surface area contributed by atoms with Gasteiger partial charge >= 0.3 is 0 Å². The molecule has 0 aromatic carbocycles. The normalized spacial score (nSPS) is 20.4. The third kappa shape index (κ3) is 2.98. The monoisotopic (exact) mass is 240 g/mol. The summed E-state index contributed by atoms with van der Waals surface area (Å²) in [7, 11) is 0. The van der Waals surface area contributed by atoms with Gasteiger partial charge in [0.15, 0.2) is 5.17 Å². The molecule has 2 nitrogen and oxygen atoms in total. The molecule has 0 bridgehead atoms. The maximum Gasteiger partial charge on any atom is 0.157 e. The summed E-state index contributed by atoms with van der Waals surface area (Å²) in [6, 6.07) is 4.35. The van der Waals surface area contributed by atoms with E-state index in [9.17, 15) is 0 Å². The van der Waals surface area contributed by atoms with E-state index in [0.29, 0.717) is 5.25 Å². The van der Waals surface area contributed by atoms with Crippen LogP contribution in [0.25, 0.3) is 0 Å². The zero-order valence-corrected chi connectivity index (χ0v) is 10.8. The third-order valence-corrected chi connectivity index (χ3v) is 4.70. The highest BCUT2D eigenvalue weighted by molar-refractivity contribution is 8.14. The Labute approximate surface area is 99.2 Å². The molecule has 15 heavy (non-hydrogen) atoms. The molecule has 1 aliphatic rings. The molecule has 0 saturated heterocycles. The van der Waals surface area contributed by atoms with Gasteiger partial charge in [-0.2, -0.15) is 0 Å². The SMILES string of the molecule is CCC1CN=C(NCc2ccc(C)s2)S1. The number of aliphatic imine (C=N–C) groups is 1. The van der Waals surface area contributed by atoms with Crippen molar-refractivity contribution in [2.75, 3.05) is 6.54 Å². The molecule has 1 atom stereocenters. The maximum atomic E-state index is 4.48. The first kappa shape index (κ1) is 11.0. The average molecular weight is 240 g/mol. The fourth-order valence-electron chi connectivity index (χ4n) is 1.47.